The largest absolute Gasteiger partial charge is 0.490 e. The zero-order valence-electron chi connectivity index (χ0n) is 10.2. The van der Waals surface area contributed by atoms with Gasteiger partial charge in [-0.3, -0.25) is 4.79 Å². The first-order chi connectivity index (χ1) is 9.08. The Kier molecular flexibility index (Phi) is 4.93. The van der Waals surface area contributed by atoms with Gasteiger partial charge in [-0.25, -0.2) is 0 Å². The molecular weight excluding hydrogens is 335 g/mol. The van der Waals surface area contributed by atoms with Crippen molar-refractivity contribution in [2.75, 3.05) is 13.2 Å². The van der Waals surface area contributed by atoms with Gasteiger partial charge < -0.3 is 14.6 Å². The van der Waals surface area contributed by atoms with Gasteiger partial charge in [-0.05, 0) is 40.0 Å². The number of carboxylic acid groups (broad SMARTS) is 1. The van der Waals surface area contributed by atoms with Crippen molar-refractivity contribution in [1.29, 1.82) is 0 Å². The number of carbonyl (C=O) groups is 1. The van der Waals surface area contributed by atoms with Crippen molar-refractivity contribution in [2.45, 2.75) is 24.6 Å². The van der Waals surface area contributed by atoms with E-state index >= 15 is 0 Å². The fourth-order valence-corrected chi connectivity index (χ4v) is 2.66. The van der Waals surface area contributed by atoms with E-state index in [0.717, 1.165) is 16.5 Å². The van der Waals surface area contributed by atoms with E-state index in [0.29, 0.717) is 31.1 Å². The normalized spacial score (nSPS) is 15.7. The Morgan fingerprint density at radius 3 is 2.89 bits per heavy atom. The highest BCUT2D eigenvalue weighted by Gasteiger charge is 2.19. The molecule has 0 bridgehead atoms. The van der Waals surface area contributed by atoms with E-state index in [-0.39, 0.29) is 11.8 Å². The summed E-state index contributed by atoms with van der Waals surface area (Å²) >= 11 is 9.66. The fraction of sp³-hybridized carbons (Fsp3) is 0.462. The summed E-state index contributed by atoms with van der Waals surface area (Å²) < 4.78 is 12.0. The molecule has 1 atom stereocenters. The maximum Gasteiger partial charge on any atom is 0.303 e. The number of halogens is 2. The number of hydrogen-bond acceptors (Lipinski definition) is 3. The van der Waals surface area contributed by atoms with Gasteiger partial charge in [0.25, 0.3) is 0 Å². The van der Waals surface area contributed by atoms with Gasteiger partial charge in [0, 0.05) is 12.8 Å². The van der Waals surface area contributed by atoms with Gasteiger partial charge in [-0.15, -0.1) is 11.6 Å². The molecule has 4 nitrogen and oxygen atoms in total. The third-order valence-corrected chi connectivity index (χ3v) is 3.86. The Bertz CT molecular complexity index is 478. The Labute approximate surface area is 124 Å². The quantitative estimate of drug-likeness (QED) is 0.841. The van der Waals surface area contributed by atoms with Crippen LogP contribution in [0.15, 0.2) is 16.6 Å². The summed E-state index contributed by atoms with van der Waals surface area (Å²) in [6, 6.07) is 3.68. The molecule has 0 spiro atoms. The summed E-state index contributed by atoms with van der Waals surface area (Å²) in [5, 5.41) is 8.32. The van der Waals surface area contributed by atoms with Crippen molar-refractivity contribution in [3.05, 3.63) is 22.2 Å². The van der Waals surface area contributed by atoms with Crippen LogP contribution in [0.4, 0.5) is 0 Å². The minimum Gasteiger partial charge on any atom is -0.490 e. The number of aliphatic carboxylic acids is 1. The second-order valence-electron chi connectivity index (χ2n) is 4.28. The second-order valence-corrected chi connectivity index (χ2v) is 5.66. The van der Waals surface area contributed by atoms with Crippen molar-refractivity contribution < 1.29 is 19.4 Å². The molecule has 19 heavy (non-hydrogen) atoms. The van der Waals surface area contributed by atoms with E-state index < -0.39 is 5.97 Å². The van der Waals surface area contributed by atoms with Crippen LogP contribution in [0.2, 0.25) is 0 Å². The molecule has 1 aromatic rings. The topological polar surface area (TPSA) is 55.8 Å². The molecule has 0 amide bonds. The first-order valence-corrected chi connectivity index (χ1v) is 7.26. The van der Waals surface area contributed by atoms with E-state index in [1.165, 1.54) is 0 Å². The molecule has 1 N–H and O–H groups in total. The van der Waals surface area contributed by atoms with Gasteiger partial charge in [-0.2, -0.15) is 0 Å². The average Bonchev–Trinajstić information content (AvgIpc) is 2.61. The van der Waals surface area contributed by atoms with Gasteiger partial charge in [0.05, 0.1) is 23.1 Å². The lowest BCUT2D eigenvalue weighted by atomic mass is 10.1. The summed E-state index contributed by atoms with van der Waals surface area (Å²) in [5.41, 5.74) is 0.832. The van der Waals surface area contributed by atoms with Crippen LogP contribution in [0, 0.1) is 0 Å². The first-order valence-electron chi connectivity index (χ1n) is 6.03. The van der Waals surface area contributed by atoms with E-state index in [9.17, 15) is 4.79 Å². The predicted octanol–water partition coefficient (Wildman–Crippen LogP) is 3.76. The van der Waals surface area contributed by atoms with Crippen LogP contribution in [0.25, 0.3) is 0 Å². The molecule has 1 unspecified atom stereocenters. The van der Waals surface area contributed by atoms with E-state index in [4.69, 9.17) is 26.2 Å². The Balaban J connectivity index is 2.20. The average molecular weight is 350 g/mol. The van der Waals surface area contributed by atoms with Gasteiger partial charge in [-0.1, -0.05) is 0 Å². The van der Waals surface area contributed by atoms with Crippen LogP contribution in [-0.4, -0.2) is 24.3 Å². The standard InChI is InChI=1S/C13H14BrClO4/c14-9-6-8(10(15)2-3-12(16)17)7-11-13(9)19-5-1-4-18-11/h6-7,10H,1-5H2,(H,16,17). The molecule has 0 aromatic heterocycles. The number of ether oxygens (including phenoxy) is 2. The SMILES string of the molecule is O=C(O)CCC(Cl)c1cc(Br)c2c(c1)OCCCO2. The van der Waals surface area contributed by atoms with Crippen LogP contribution < -0.4 is 9.47 Å². The number of carboxylic acids is 1. The lowest BCUT2D eigenvalue weighted by molar-refractivity contribution is -0.137. The molecule has 0 fully saturated rings. The summed E-state index contributed by atoms with van der Waals surface area (Å²) in [7, 11) is 0. The number of rotatable bonds is 4. The van der Waals surface area contributed by atoms with Crippen LogP contribution >= 0.6 is 27.5 Å². The molecule has 104 valence electrons. The van der Waals surface area contributed by atoms with Gasteiger partial charge in [0.1, 0.15) is 0 Å². The molecule has 0 aliphatic carbocycles. The van der Waals surface area contributed by atoms with E-state index in [1.54, 1.807) is 0 Å². The molecule has 1 heterocycles. The van der Waals surface area contributed by atoms with Crippen molar-refractivity contribution in [3.8, 4) is 11.5 Å². The molecule has 0 radical (unpaired) electrons. The number of fused-ring (bicyclic) bond motifs is 1. The van der Waals surface area contributed by atoms with Crippen LogP contribution in [0.3, 0.4) is 0 Å². The van der Waals surface area contributed by atoms with Crippen LogP contribution in [0.1, 0.15) is 30.2 Å². The summed E-state index contributed by atoms with van der Waals surface area (Å²) in [6.07, 6.45) is 1.25. The molecule has 6 heteroatoms. The highest BCUT2D eigenvalue weighted by molar-refractivity contribution is 9.10. The lowest BCUT2D eigenvalue weighted by Crippen LogP contribution is -2.00. The second kappa shape index (κ2) is 6.48. The van der Waals surface area contributed by atoms with Gasteiger partial charge in [0.15, 0.2) is 11.5 Å². The third kappa shape index (κ3) is 3.76. The summed E-state index contributed by atoms with van der Waals surface area (Å²) in [5.74, 6) is 0.491. The van der Waals surface area contributed by atoms with E-state index in [2.05, 4.69) is 15.9 Å². The van der Waals surface area contributed by atoms with Crippen LogP contribution in [-0.2, 0) is 4.79 Å². The van der Waals surface area contributed by atoms with Gasteiger partial charge in [0.2, 0.25) is 0 Å². The zero-order chi connectivity index (χ0) is 13.8. The molecular formula is C13H14BrClO4. The highest BCUT2D eigenvalue weighted by atomic mass is 79.9. The van der Waals surface area contributed by atoms with Crippen molar-refractivity contribution >= 4 is 33.5 Å². The van der Waals surface area contributed by atoms with Crippen molar-refractivity contribution in [2.24, 2.45) is 0 Å². The monoisotopic (exact) mass is 348 g/mol. The maximum atomic E-state index is 10.6. The third-order valence-electron chi connectivity index (χ3n) is 2.80. The number of hydrogen-bond donors (Lipinski definition) is 1. The molecule has 2 rings (SSSR count). The minimum absolute atomic E-state index is 0.0419. The molecule has 0 saturated heterocycles. The molecule has 1 aliphatic rings. The van der Waals surface area contributed by atoms with Crippen molar-refractivity contribution in [3.63, 3.8) is 0 Å². The maximum absolute atomic E-state index is 10.6. The lowest BCUT2D eigenvalue weighted by Gasteiger charge is -2.14. The summed E-state index contributed by atoms with van der Waals surface area (Å²) in [6.45, 7) is 1.22. The van der Waals surface area contributed by atoms with E-state index in [1.807, 2.05) is 12.1 Å². The predicted molar refractivity (Wildman–Crippen MR) is 75.2 cm³/mol. The minimum atomic E-state index is -0.848. The first kappa shape index (κ1) is 14.5. The Morgan fingerprint density at radius 2 is 2.16 bits per heavy atom. The number of alkyl halides is 1. The fourth-order valence-electron chi connectivity index (χ4n) is 1.85. The Morgan fingerprint density at radius 1 is 1.42 bits per heavy atom. The molecule has 1 aromatic carbocycles. The van der Waals surface area contributed by atoms with Crippen LogP contribution in [0.5, 0.6) is 11.5 Å². The molecule has 0 saturated carbocycles. The van der Waals surface area contributed by atoms with Gasteiger partial charge >= 0.3 is 5.97 Å². The molecule has 1 aliphatic heterocycles. The highest BCUT2D eigenvalue weighted by Crippen LogP contribution is 2.41. The van der Waals surface area contributed by atoms with Crippen molar-refractivity contribution in [1.82, 2.24) is 0 Å². The summed E-state index contributed by atoms with van der Waals surface area (Å²) in [4.78, 5) is 10.6. The Hall–Kier alpha value is -0.940. The smallest absolute Gasteiger partial charge is 0.303 e. The number of benzene rings is 1. The zero-order valence-corrected chi connectivity index (χ0v) is 12.5.